The molecule has 0 amide bonds. The van der Waals surface area contributed by atoms with Crippen molar-refractivity contribution in [1.82, 2.24) is 4.90 Å². The van der Waals surface area contributed by atoms with Crippen molar-refractivity contribution >= 4 is 11.6 Å². The number of nitrogens with one attached hydrogen (secondary N) is 1. The minimum absolute atomic E-state index is 0.0193. The number of hydrogen-bond donors (Lipinski definition) is 1. The molecule has 0 radical (unpaired) electrons. The van der Waals surface area contributed by atoms with E-state index in [1.54, 1.807) is 0 Å². The van der Waals surface area contributed by atoms with Crippen LogP contribution >= 0.6 is 0 Å². The van der Waals surface area contributed by atoms with Crippen LogP contribution in [0.2, 0.25) is 0 Å². The molecule has 0 aromatic heterocycles. The lowest BCUT2D eigenvalue weighted by Gasteiger charge is -2.59. The highest BCUT2D eigenvalue weighted by Crippen LogP contribution is 2.60. The minimum Gasteiger partial charge on any atom is -0.406 e. The molecule has 8 nitrogen and oxygen atoms in total. The fourth-order valence-electron chi connectivity index (χ4n) is 6.74. The highest BCUT2D eigenvalue weighted by molar-refractivity contribution is 5.93. The molecule has 0 unspecified atom stereocenters. The van der Waals surface area contributed by atoms with Crippen LogP contribution in [0.5, 0.6) is 5.75 Å². The second-order valence-electron chi connectivity index (χ2n) is 11.1. The first-order valence-electron chi connectivity index (χ1n) is 13.6. The highest BCUT2D eigenvalue weighted by atomic mass is 19.4. The van der Waals surface area contributed by atoms with E-state index < -0.39 is 30.3 Å². The van der Waals surface area contributed by atoms with Gasteiger partial charge in [-0.05, 0) is 76.1 Å². The maximum atomic E-state index is 12.6. The molecule has 1 aromatic carbocycles. The molecule has 1 saturated carbocycles. The fraction of sp³-hybridized carbons (Fsp3) is 0.741. The quantitative estimate of drug-likeness (QED) is 0.283. The Morgan fingerprint density at radius 3 is 2.45 bits per heavy atom. The van der Waals surface area contributed by atoms with Crippen LogP contribution in [0, 0.1) is 23.7 Å². The van der Waals surface area contributed by atoms with Crippen LogP contribution in [0.25, 0.3) is 0 Å². The summed E-state index contributed by atoms with van der Waals surface area (Å²) in [4.78, 5) is 19.2. The summed E-state index contributed by atoms with van der Waals surface area (Å²) in [5.74, 6) is 0.315. The number of guanidine groups is 1. The lowest BCUT2D eigenvalue weighted by molar-refractivity contribution is -0.570. The number of anilines is 1. The van der Waals surface area contributed by atoms with Gasteiger partial charge in [0.05, 0.1) is 0 Å². The third kappa shape index (κ3) is 4.98. The molecule has 8 atom stereocenters. The molecule has 1 N–H and O–H groups in total. The Balaban J connectivity index is 1.44. The summed E-state index contributed by atoms with van der Waals surface area (Å²) in [7, 11) is 0. The first-order valence-corrected chi connectivity index (χ1v) is 13.6. The Kier molecular flexibility index (Phi) is 7.34. The third-order valence-electron chi connectivity index (χ3n) is 8.78. The molecule has 1 aliphatic carbocycles. The van der Waals surface area contributed by atoms with Crippen molar-refractivity contribution in [2.24, 2.45) is 28.7 Å². The maximum Gasteiger partial charge on any atom is 0.573 e. The van der Waals surface area contributed by atoms with Crippen molar-refractivity contribution in [3.8, 4) is 5.75 Å². The topological polar surface area (TPSA) is 73.8 Å². The Labute approximate surface area is 221 Å². The largest absolute Gasteiger partial charge is 0.573 e. The molecular formula is C27H38F3N3O5. The summed E-state index contributed by atoms with van der Waals surface area (Å²) < 4.78 is 54.8. The average molecular weight is 542 g/mol. The van der Waals surface area contributed by atoms with Gasteiger partial charge in [-0.3, -0.25) is 0 Å². The Morgan fingerprint density at radius 2 is 1.79 bits per heavy atom. The molecule has 1 spiro atoms. The molecule has 4 saturated heterocycles. The third-order valence-corrected chi connectivity index (χ3v) is 8.78. The van der Waals surface area contributed by atoms with Gasteiger partial charge in [0.2, 0.25) is 11.7 Å². The summed E-state index contributed by atoms with van der Waals surface area (Å²) in [5, 5.41) is 3.29. The van der Waals surface area contributed by atoms with Gasteiger partial charge in [0.25, 0.3) is 0 Å². The monoisotopic (exact) mass is 541 g/mol. The minimum atomic E-state index is -4.74. The number of benzene rings is 1. The highest BCUT2D eigenvalue weighted by Gasteiger charge is 2.69. The molecule has 212 valence electrons. The zero-order valence-electron chi connectivity index (χ0n) is 22.6. The van der Waals surface area contributed by atoms with E-state index in [9.17, 15) is 13.2 Å². The van der Waals surface area contributed by atoms with Gasteiger partial charge >= 0.3 is 6.36 Å². The van der Waals surface area contributed by atoms with Crippen LogP contribution in [-0.2, 0) is 19.2 Å². The molecule has 11 heteroatoms. The van der Waals surface area contributed by atoms with Crippen molar-refractivity contribution in [3.63, 3.8) is 0 Å². The predicted molar refractivity (Wildman–Crippen MR) is 134 cm³/mol. The molecule has 2 bridgehead atoms. The molecule has 38 heavy (non-hydrogen) atoms. The first-order chi connectivity index (χ1) is 18.0. The van der Waals surface area contributed by atoms with Crippen LogP contribution in [-0.4, -0.2) is 54.2 Å². The van der Waals surface area contributed by atoms with Crippen LogP contribution in [0.15, 0.2) is 29.3 Å². The molecular weight excluding hydrogens is 503 g/mol. The zero-order chi connectivity index (χ0) is 27.3. The van der Waals surface area contributed by atoms with Gasteiger partial charge in [-0.2, -0.15) is 0 Å². The number of rotatable bonds is 5. The number of alkyl halides is 3. The van der Waals surface area contributed by atoms with Gasteiger partial charge in [-0.1, -0.05) is 13.8 Å². The van der Waals surface area contributed by atoms with Gasteiger partial charge in [0.1, 0.15) is 5.75 Å². The van der Waals surface area contributed by atoms with Crippen LogP contribution in [0.1, 0.15) is 60.3 Å². The predicted octanol–water partition coefficient (Wildman–Crippen LogP) is 5.90. The fourth-order valence-corrected chi connectivity index (χ4v) is 6.74. The zero-order valence-corrected chi connectivity index (χ0v) is 22.6. The van der Waals surface area contributed by atoms with E-state index in [0.29, 0.717) is 30.7 Å². The summed E-state index contributed by atoms with van der Waals surface area (Å²) >= 11 is 0. The van der Waals surface area contributed by atoms with E-state index >= 15 is 0 Å². The van der Waals surface area contributed by atoms with Crippen molar-refractivity contribution < 1.29 is 37.2 Å². The lowest BCUT2D eigenvalue weighted by Crippen LogP contribution is -2.70. The maximum absolute atomic E-state index is 12.6. The molecule has 4 aliphatic heterocycles. The summed E-state index contributed by atoms with van der Waals surface area (Å²) in [5.41, 5.74) is -0.0818. The summed E-state index contributed by atoms with van der Waals surface area (Å²) in [6, 6.07) is 5.62. The summed E-state index contributed by atoms with van der Waals surface area (Å²) in [6.45, 7) is 11.7. The van der Waals surface area contributed by atoms with Gasteiger partial charge in [-0.25, -0.2) is 14.8 Å². The number of ether oxygens (including phenoxy) is 3. The van der Waals surface area contributed by atoms with Crippen molar-refractivity contribution in [2.45, 2.75) is 90.6 Å². The van der Waals surface area contributed by atoms with Crippen LogP contribution < -0.4 is 10.1 Å². The summed E-state index contributed by atoms with van der Waals surface area (Å²) in [6.07, 6.45) is -2.11. The molecule has 1 aromatic rings. The van der Waals surface area contributed by atoms with Gasteiger partial charge in [0, 0.05) is 37.0 Å². The first kappa shape index (κ1) is 27.5. The van der Waals surface area contributed by atoms with Crippen molar-refractivity contribution in [3.05, 3.63) is 24.3 Å². The normalized spacial score (nSPS) is 38.8. The van der Waals surface area contributed by atoms with Crippen molar-refractivity contribution in [1.29, 1.82) is 0 Å². The molecule has 5 aliphatic rings. The Hall–Kier alpha value is -2.08. The van der Waals surface area contributed by atoms with E-state index in [2.05, 4.69) is 23.9 Å². The number of nitrogens with zero attached hydrogens (tertiary/aromatic N) is 2. The van der Waals surface area contributed by atoms with E-state index in [1.807, 2.05) is 25.7 Å². The molecule has 5 fully saturated rings. The average Bonchev–Trinajstić information content (AvgIpc) is 3.09. The van der Waals surface area contributed by atoms with Crippen LogP contribution in [0.3, 0.4) is 0 Å². The van der Waals surface area contributed by atoms with Gasteiger partial charge < -0.3 is 24.4 Å². The number of aliphatic imine (C=N–C) groups is 1. The van der Waals surface area contributed by atoms with Gasteiger partial charge in [-0.15, -0.1) is 13.2 Å². The van der Waals surface area contributed by atoms with Crippen LogP contribution in [0.4, 0.5) is 18.9 Å². The SMILES string of the molecule is CCN(CC)/C(=N/[C@@H]1O[C@@H]2O[C@@]3(C)CC[C@H]4[C@H](C)CC[C@@H]([C@H]1C)[C@@]24OO3)Nc1ccc(OC(F)(F)F)cc1. The smallest absolute Gasteiger partial charge is 0.406 e. The Bertz CT molecular complexity index is 1020. The standard InChI is InChI=1S/C27H38F3N3O5/c1-6-33(7-2)24(31-18-9-11-19(12-10-18)35-27(28,29)30)32-22-17(4)21-13-8-16(3)20-14-15-25(5)36-23(34-22)26(20,21)38-37-25/h9-12,16-17,20-23H,6-8,13-15H2,1-5H3,(H,31,32)/t16-,17-,20+,21+,22-,23-,25-,26-/m1/s1. The van der Waals surface area contributed by atoms with Gasteiger partial charge in [0.15, 0.2) is 18.1 Å². The van der Waals surface area contributed by atoms with E-state index in [-0.39, 0.29) is 23.5 Å². The lowest BCUT2D eigenvalue weighted by atomic mass is 9.58. The van der Waals surface area contributed by atoms with E-state index in [0.717, 1.165) is 25.7 Å². The number of hydrogen-bond acceptors (Lipinski definition) is 6. The van der Waals surface area contributed by atoms with E-state index in [1.165, 1.54) is 24.3 Å². The Morgan fingerprint density at radius 1 is 1.08 bits per heavy atom. The van der Waals surface area contributed by atoms with E-state index in [4.69, 9.17) is 24.2 Å². The van der Waals surface area contributed by atoms with Crippen molar-refractivity contribution in [2.75, 3.05) is 18.4 Å². The number of fused-ring (bicyclic) bond motifs is 2. The number of halogens is 3. The second-order valence-corrected chi connectivity index (χ2v) is 11.1. The second kappa shape index (κ2) is 10.1. The molecule has 6 rings (SSSR count). The molecule has 4 heterocycles.